The van der Waals surface area contributed by atoms with Gasteiger partial charge in [0.05, 0.1) is 21.8 Å². The van der Waals surface area contributed by atoms with Gasteiger partial charge in [-0.05, 0) is 38.5 Å². The summed E-state index contributed by atoms with van der Waals surface area (Å²) in [7, 11) is 1.63. The number of fused-ring (bicyclic) bond motifs is 2. The van der Waals surface area contributed by atoms with Crippen molar-refractivity contribution in [3.05, 3.63) is 62.9 Å². The van der Waals surface area contributed by atoms with E-state index in [1.165, 1.54) is 4.68 Å². The highest BCUT2D eigenvalue weighted by atomic mass is 16.5. The molecule has 28 heavy (non-hydrogen) atoms. The smallest absolute Gasteiger partial charge is 0.279 e. The number of pyridine rings is 3. The van der Waals surface area contributed by atoms with E-state index in [0.717, 1.165) is 6.42 Å². The summed E-state index contributed by atoms with van der Waals surface area (Å²) >= 11 is 0. The highest BCUT2D eigenvalue weighted by Crippen LogP contribution is 2.15. The first-order chi connectivity index (χ1) is 13.5. The zero-order valence-electron chi connectivity index (χ0n) is 15.9. The highest BCUT2D eigenvalue weighted by molar-refractivity contribution is 5.91. The van der Waals surface area contributed by atoms with E-state index in [2.05, 4.69) is 15.2 Å². The Morgan fingerprint density at radius 3 is 2.29 bits per heavy atom. The van der Waals surface area contributed by atoms with Gasteiger partial charge in [-0.1, -0.05) is 0 Å². The minimum absolute atomic E-state index is 0.172. The first kappa shape index (κ1) is 18.1. The molecule has 0 saturated carbocycles. The predicted molar refractivity (Wildman–Crippen MR) is 105 cm³/mol. The highest BCUT2D eigenvalue weighted by Gasteiger charge is 2.13. The minimum Gasteiger partial charge on any atom is -0.385 e. The van der Waals surface area contributed by atoms with Gasteiger partial charge in [-0.25, -0.2) is 14.3 Å². The number of hydrogen-bond acceptors (Lipinski definition) is 6. The average molecular weight is 380 g/mol. The third-order valence-corrected chi connectivity index (χ3v) is 4.71. The van der Waals surface area contributed by atoms with E-state index in [4.69, 9.17) is 4.74 Å². The SMILES string of the molecule is COCCCn1ccc2nc3ccn(-n4c(C)nnc4C)c(=O)c3cc2c1=O. The van der Waals surface area contributed by atoms with E-state index in [-0.39, 0.29) is 11.1 Å². The maximum atomic E-state index is 13.1. The second-order valence-corrected chi connectivity index (χ2v) is 6.59. The molecule has 0 spiro atoms. The van der Waals surface area contributed by atoms with E-state index >= 15 is 0 Å². The van der Waals surface area contributed by atoms with E-state index in [1.54, 1.807) is 60.8 Å². The molecule has 4 rings (SSSR count). The van der Waals surface area contributed by atoms with Crippen LogP contribution in [-0.4, -0.2) is 42.8 Å². The van der Waals surface area contributed by atoms with Gasteiger partial charge in [-0.2, -0.15) is 0 Å². The Bertz CT molecular complexity index is 1280. The van der Waals surface area contributed by atoms with Crippen LogP contribution >= 0.6 is 0 Å². The van der Waals surface area contributed by atoms with Crippen molar-refractivity contribution < 1.29 is 4.74 Å². The lowest BCUT2D eigenvalue weighted by Gasteiger charge is -2.11. The zero-order valence-corrected chi connectivity index (χ0v) is 15.9. The van der Waals surface area contributed by atoms with Crippen LogP contribution in [0.1, 0.15) is 18.1 Å². The Hall–Kier alpha value is -3.33. The van der Waals surface area contributed by atoms with Crippen molar-refractivity contribution in [3.8, 4) is 0 Å². The zero-order chi connectivity index (χ0) is 19.8. The molecule has 144 valence electrons. The summed E-state index contributed by atoms with van der Waals surface area (Å²) in [6, 6.07) is 5.17. The predicted octanol–water partition coefficient (Wildman–Crippen LogP) is 1.27. The molecule has 4 aromatic heterocycles. The van der Waals surface area contributed by atoms with Crippen LogP contribution in [0.25, 0.3) is 21.8 Å². The first-order valence-corrected chi connectivity index (χ1v) is 8.95. The van der Waals surface area contributed by atoms with Crippen LogP contribution in [0, 0.1) is 13.8 Å². The van der Waals surface area contributed by atoms with Crippen molar-refractivity contribution in [3.63, 3.8) is 0 Å². The van der Waals surface area contributed by atoms with E-state index in [9.17, 15) is 9.59 Å². The van der Waals surface area contributed by atoms with Crippen LogP contribution in [0.15, 0.2) is 40.2 Å². The lowest BCUT2D eigenvalue weighted by Crippen LogP contribution is -2.28. The fraction of sp³-hybridized carbons (Fsp3) is 0.316. The Morgan fingerprint density at radius 2 is 1.61 bits per heavy atom. The monoisotopic (exact) mass is 380 g/mol. The van der Waals surface area contributed by atoms with Crippen LogP contribution in [0.4, 0.5) is 0 Å². The summed E-state index contributed by atoms with van der Waals surface area (Å²) < 4.78 is 9.72. The Labute approximate surface area is 159 Å². The minimum atomic E-state index is -0.285. The molecule has 0 unspecified atom stereocenters. The van der Waals surface area contributed by atoms with Crippen molar-refractivity contribution in [1.29, 1.82) is 0 Å². The number of aromatic nitrogens is 6. The summed E-state index contributed by atoms with van der Waals surface area (Å²) in [5.41, 5.74) is 0.643. The second-order valence-electron chi connectivity index (χ2n) is 6.59. The van der Waals surface area contributed by atoms with Crippen LogP contribution in [0.5, 0.6) is 0 Å². The Balaban J connectivity index is 1.92. The quantitative estimate of drug-likeness (QED) is 0.382. The maximum Gasteiger partial charge on any atom is 0.279 e. The van der Waals surface area contributed by atoms with Crippen molar-refractivity contribution in [1.82, 2.24) is 29.1 Å². The molecular weight excluding hydrogens is 360 g/mol. The third kappa shape index (κ3) is 2.89. The summed E-state index contributed by atoms with van der Waals surface area (Å²) in [5, 5.41) is 8.78. The van der Waals surface area contributed by atoms with Crippen LogP contribution < -0.4 is 11.1 Å². The second kappa shape index (κ2) is 7.01. The topological polar surface area (TPSA) is 96.8 Å². The summed E-state index contributed by atoms with van der Waals surface area (Å²) in [6.07, 6.45) is 4.09. The molecule has 0 aliphatic rings. The van der Waals surface area contributed by atoms with E-state index < -0.39 is 0 Å². The number of nitrogens with zero attached hydrogens (tertiary/aromatic N) is 6. The Kier molecular flexibility index (Phi) is 4.52. The normalized spacial score (nSPS) is 11.5. The standard InChI is InChI=1S/C19H20N6O3/c1-12-21-22-13(2)25(12)24-9-6-17-15(19(24)27)11-14-16(20-17)5-8-23(18(14)26)7-4-10-28-3/h5-6,8-9,11H,4,7,10H2,1-3H3. The molecule has 9 nitrogen and oxygen atoms in total. The average Bonchev–Trinajstić information content (AvgIpc) is 3.02. The van der Waals surface area contributed by atoms with Gasteiger partial charge >= 0.3 is 0 Å². The van der Waals surface area contributed by atoms with E-state index in [0.29, 0.717) is 46.6 Å². The van der Waals surface area contributed by atoms with Crippen molar-refractivity contribution in [2.24, 2.45) is 0 Å². The summed E-state index contributed by atoms with van der Waals surface area (Å²) in [6.45, 7) is 4.66. The number of rotatable bonds is 5. The molecular formula is C19H20N6O3. The number of aryl methyl sites for hydroxylation is 3. The summed E-state index contributed by atoms with van der Waals surface area (Å²) in [4.78, 5) is 30.5. The van der Waals surface area contributed by atoms with Gasteiger partial charge in [0.1, 0.15) is 11.6 Å². The largest absolute Gasteiger partial charge is 0.385 e. The molecule has 0 bridgehead atoms. The van der Waals surface area contributed by atoms with Gasteiger partial charge in [-0.3, -0.25) is 9.59 Å². The molecule has 0 atom stereocenters. The first-order valence-electron chi connectivity index (χ1n) is 8.95. The number of hydrogen-bond donors (Lipinski definition) is 0. The maximum absolute atomic E-state index is 13.1. The van der Waals surface area contributed by atoms with Crippen LogP contribution in [-0.2, 0) is 11.3 Å². The third-order valence-electron chi connectivity index (χ3n) is 4.71. The molecule has 4 aromatic rings. The molecule has 4 heterocycles. The molecule has 0 aromatic carbocycles. The lowest BCUT2D eigenvalue weighted by atomic mass is 10.2. The van der Waals surface area contributed by atoms with Gasteiger partial charge in [-0.15, -0.1) is 10.2 Å². The van der Waals surface area contributed by atoms with Gasteiger partial charge in [0.15, 0.2) is 0 Å². The molecule has 0 N–H and O–H groups in total. The number of methoxy groups -OCH3 is 1. The fourth-order valence-corrected chi connectivity index (χ4v) is 3.34. The van der Waals surface area contributed by atoms with Crippen LogP contribution in [0.3, 0.4) is 0 Å². The Morgan fingerprint density at radius 1 is 0.964 bits per heavy atom. The van der Waals surface area contributed by atoms with Crippen molar-refractivity contribution in [2.45, 2.75) is 26.8 Å². The van der Waals surface area contributed by atoms with Gasteiger partial charge in [0, 0.05) is 32.7 Å². The van der Waals surface area contributed by atoms with Gasteiger partial charge in [0.2, 0.25) is 0 Å². The van der Waals surface area contributed by atoms with Gasteiger partial charge in [0.25, 0.3) is 11.1 Å². The van der Waals surface area contributed by atoms with Gasteiger partial charge < -0.3 is 9.30 Å². The number of ether oxygens (including phenoxy) is 1. The fourth-order valence-electron chi connectivity index (χ4n) is 3.34. The lowest BCUT2D eigenvalue weighted by molar-refractivity contribution is 0.190. The van der Waals surface area contributed by atoms with Crippen molar-refractivity contribution >= 4 is 21.8 Å². The molecule has 0 fully saturated rings. The molecule has 0 aliphatic heterocycles. The van der Waals surface area contributed by atoms with Crippen molar-refractivity contribution in [2.75, 3.05) is 13.7 Å². The molecule has 0 aliphatic carbocycles. The summed E-state index contributed by atoms with van der Waals surface area (Å²) in [5.74, 6) is 1.18. The molecule has 0 saturated heterocycles. The molecule has 0 radical (unpaired) electrons. The molecule has 0 amide bonds. The van der Waals surface area contributed by atoms with Crippen LogP contribution in [0.2, 0.25) is 0 Å². The van der Waals surface area contributed by atoms with E-state index in [1.807, 2.05) is 0 Å². The molecule has 9 heteroatoms.